The Morgan fingerprint density at radius 3 is 2.71 bits per heavy atom. The molecule has 0 spiro atoms. The van der Waals surface area contributed by atoms with E-state index < -0.39 is 0 Å². The van der Waals surface area contributed by atoms with Gasteiger partial charge in [0.1, 0.15) is 0 Å². The van der Waals surface area contributed by atoms with E-state index in [4.69, 9.17) is 5.73 Å². The van der Waals surface area contributed by atoms with Gasteiger partial charge in [0.2, 0.25) is 0 Å². The summed E-state index contributed by atoms with van der Waals surface area (Å²) in [5.41, 5.74) is 6.06. The number of hydrogen-bond donors (Lipinski definition) is 1. The lowest BCUT2D eigenvalue weighted by Gasteiger charge is -2.29. The van der Waals surface area contributed by atoms with Crippen molar-refractivity contribution < 1.29 is 0 Å². The van der Waals surface area contributed by atoms with Gasteiger partial charge in [-0.05, 0) is 50.7 Å². The van der Waals surface area contributed by atoms with E-state index in [1.54, 1.807) is 0 Å². The van der Waals surface area contributed by atoms with E-state index >= 15 is 0 Å². The van der Waals surface area contributed by atoms with Crippen LogP contribution in [0.25, 0.3) is 0 Å². The highest BCUT2D eigenvalue weighted by molar-refractivity contribution is 4.80. The molecule has 14 heavy (non-hydrogen) atoms. The fourth-order valence-electron chi connectivity index (χ4n) is 2.20. The quantitative estimate of drug-likeness (QED) is 0.734. The molecule has 1 aliphatic rings. The van der Waals surface area contributed by atoms with Crippen molar-refractivity contribution in [2.45, 2.75) is 52.5 Å². The summed E-state index contributed by atoms with van der Waals surface area (Å²) in [7, 11) is 0. The molecule has 2 heteroatoms. The fraction of sp³-hybridized carbons (Fsp3) is 1.00. The van der Waals surface area contributed by atoms with Gasteiger partial charge < -0.3 is 10.6 Å². The first kappa shape index (κ1) is 12.0. The van der Waals surface area contributed by atoms with Crippen molar-refractivity contribution >= 4 is 0 Å². The second-order valence-corrected chi connectivity index (χ2v) is 5.36. The molecule has 0 aliphatic carbocycles. The summed E-state index contributed by atoms with van der Waals surface area (Å²) in [6, 6.07) is 0.851. The lowest BCUT2D eigenvalue weighted by atomic mass is 9.89. The average Bonchev–Trinajstić information content (AvgIpc) is 2.62. The topological polar surface area (TPSA) is 29.3 Å². The number of nitrogens with two attached hydrogens (primary N) is 1. The van der Waals surface area contributed by atoms with Gasteiger partial charge in [-0.1, -0.05) is 20.8 Å². The normalized spacial score (nSPS) is 24.4. The minimum Gasteiger partial charge on any atom is -0.330 e. The molecule has 0 saturated carbocycles. The van der Waals surface area contributed by atoms with Crippen molar-refractivity contribution in [3.63, 3.8) is 0 Å². The average molecular weight is 198 g/mol. The van der Waals surface area contributed by atoms with Crippen LogP contribution in [0.3, 0.4) is 0 Å². The van der Waals surface area contributed by atoms with Crippen LogP contribution in [-0.2, 0) is 0 Å². The van der Waals surface area contributed by atoms with Crippen LogP contribution in [-0.4, -0.2) is 30.6 Å². The van der Waals surface area contributed by atoms with Crippen LogP contribution in [0.5, 0.6) is 0 Å². The molecule has 1 fully saturated rings. The molecule has 1 unspecified atom stereocenters. The molecule has 1 heterocycles. The smallest absolute Gasteiger partial charge is 0.00931 e. The predicted octanol–water partition coefficient (Wildman–Crippen LogP) is 2.24. The largest absolute Gasteiger partial charge is 0.330 e. The van der Waals surface area contributed by atoms with Crippen LogP contribution in [0.15, 0.2) is 0 Å². The molecule has 0 aromatic carbocycles. The van der Waals surface area contributed by atoms with Crippen molar-refractivity contribution in [2.24, 2.45) is 11.1 Å². The number of rotatable bonds is 5. The van der Waals surface area contributed by atoms with Crippen LogP contribution < -0.4 is 5.73 Å². The standard InChI is InChI=1S/C12H26N2/c1-4-11-6-5-8-14(11)9-7-12(2,3)10-13/h11H,4-10,13H2,1-3H3. The lowest BCUT2D eigenvalue weighted by Crippen LogP contribution is -2.34. The van der Waals surface area contributed by atoms with Gasteiger partial charge in [-0.2, -0.15) is 0 Å². The van der Waals surface area contributed by atoms with Gasteiger partial charge in [-0.15, -0.1) is 0 Å². The Balaban J connectivity index is 2.30. The third-order valence-corrected chi connectivity index (χ3v) is 3.60. The minimum atomic E-state index is 0.320. The zero-order valence-corrected chi connectivity index (χ0v) is 10.1. The second-order valence-electron chi connectivity index (χ2n) is 5.36. The maximum atomic E-state index is 5.74. The zero-order chi connectivity index (χ0) is 10.6. The van der Waals surface area contributed by atoms with Gasteiger partial charge in [0.25, 0.3) is 0 Å². The summed E-state index contributed by atoms with van der Waals surface area (Å²) in [6.07, 6.45) is 5.34. The molecule has 0 aromatic heterocycles. The first-order valence-electron chi connectivity index (χ1n) is 6.03. The summed E-state index contributed by atoms with van der Waals surface area (Å²) in [5, 5.41) is 0. The van der Waals surface area contributed by atoms with Gasteiger partial charge in [0.15, 0.2) is 0 Å². The molecule has 84 valence electrons. The van der Waals surface area contributed by atoms with Gasteiger partial charge in [-0.25, -0.2) is 0 Å². The number of hydrogen-bond acceptors (Lipinski definition) is 2. The van der Waals surface area contributed by atoms with E-state index in [1.165, 1.54) is 38.8 Å². The second kappa shape index (κ2) is 5.13. The maximum Gasteiger partial charge on any atom is 0.00931 e. The van der Waals surface area contributed by atoms with Gasteiger partial charge in [-0.3, -0.25) is 0 Å². The molecule has 0 radical (unpaired) electrons. The van der Waals surface area contributed by atoms with Crippen molar-refractivity contribution in [3.8, 4) is 0 Å². The first-order valence-corrected chi connectivity index (χ1v) is 6.03. The molecular weight excluding hydrogens is 172 g/mol. The predicted molar refractivity (Wildman–Crippen MR) is 62.3 cm³/mol. The Hall–Kier alpha value is -0.0800. The number of likely N-dealkylation sites (tertiary alicyclic amines) is 1. The summed E-state index contributed by atoms with van der Waals surface area (Å²) < 4.78 is 0. The third-order valence-electron chi connectivity index (χ3n) is 3.60. The van der Waals surface area contributed by atoms with Crippen LogP contribution in [0.1, 0.15) is 46.5 Å². The van der Waals surface area contributed by atoms with E-state index in [1.807, 2.05) is 0 Å². The SMILES string of the molecule is CCC1CCCN1CCC(C)(C)CN. The summed E-state index contributed by atoms with van der Waals surface area (Å²) in [5.74, 6) is 0. The highest BCUT2D eigenvalue weighted by Crippen LogP contribution is 2.24. The van der Waals surface area contributed by atoms with Crippen LogP contribution in [0, 0.1) is 5.41 Å². The van der Waals surface area contributed by atoms with E-state index in [-0.39, 0.29) is 0 Å². The van der Waals surface area contributed by atoms with Crippen LogP contribution in [0.2, 0.25) is 0 Å². The Kier molecular flexibility index (Phi) is 4.39. The van der Waals surface area contributed by atoms with E-state index in [2.05, 4.69) is 25.7 Å². The highest BCUT2D eigenvalue weighted by Gasteiger charge is 2.24. The molecular formula is C12H26N2. The van der Waals surface area contributed by atoms with Crippen LogP contribution >= 0.6 is 0 Å². The van der Waals surface area contributed by atoms with Crippen LogP contribution in [0.4, 0.5) is 0 Å². The van der Waals surface area contributed by atoms with Gasteiger partial charge in [0, 0.05) is 6.04 Å². The van der Waals surface area contributed by atoms with Crippen molar-refractivity contribution in [1.82, 2.24) is 4.90 Å². The maximum absolute atomic E-state index is 5.74. The monoisotopic (exact) mass is 198 g/mol. The molecule has 2 nitrogen and oxygen atoms in total. The molecule has 1 atom stereocenters. The molecule has 0 aromatic rings. The summed E-state index contributed by atoms with van der Waals surface area (Å²) >= 11 is 0. The molecule has 1 rings (SSSR count). The van der Waals surface area contributed by atoms with Crippen molar-refractivity contribution in [3.05, 3.63) is 0 Å². The summed E-state index contributed by atoms with van der Waals surface area (Å²) in [6.45, 7) is 10.2. The molecule has 1 aliphatic heterocycles. The molecule has 0 bridgehead atoms. The fourth-order valence-corrected chi connectivity index (χ4v) is 2.20. The Morgan fingerprint density at radius 2 is 2.14 bits per heavy atom. The Bertz CT molecular complexity index is 166. The number of nitrogens with zero attached hydrogens (tertiary/aromatic N) is 1. The molecule has 1 saturated heterocycles. The molecule has 2 N–H and O–H groups in total. The highest BCUT2D eigenvalue weighted by atomic mass is 15.2. The Labute approximate surface area is 88.8 Å². The Morgan fingerprint density at radius 1 is 1.43 bits per heavy atom. The first-order chi connectivity index (χ1) is 6.59. The van der Waals surface area contributed by atoms with E-state index in [9.17, 15) is 0 Å². The van der Waals surface area contributed by atoms with Crippen molar-refractivity contribution in [1.29, 1.82) is 0 Å². The van der Waals surface area contributed by atoms with E-state index in [0.717, 1.165) is 12.6 Å². The lowest BCUT2D eigenvalue weighted by molar-refractivity contribution is 0.204. The third kappa shape index (κ3) is 3.25. The van der Waals surface area contributed by atoms with Gasteiger partial charge >= 0.3 is 0 Å². The summed E-state index contributed by atoms with van der Waals surface area (Å²) in [4.78, 5) is 2.65. The minimum absolute atomic E-state index is 0.320. The van der Waals surface area contributed by atoms with Gasteiger partial charge in [0.05, 0.1) is 0 Å². The van der Waals surface area contributed by atoms with E-state index in [0.29, 0.717) is 5.41 Å². The molecule has 0 amide bonds. The zero-order valence-electron chi connectivity index (χ0n) is 10.1. The van der Waals surface area contributed by atoms with Crippen molar-refractivity contribution in [2.75, 3.05) is 19.6 Å².